The van der Waals surface area contributed by atoms with Gasteiger partial charge in [-0.05, 0) is 30.2 Å². The van der Waals surface area contributed by atoms with Crippen LogP contribution in [0.2, 0.25) is 0 Å². The summed E-state index contributed by atoms with van der Waals surface area (Å²) in [6, 6.07) is 16.7. The molecule has 0 N–H and O–H groups in total. The molecule has 30 heavy (non-hydrogen) atoms. The van der Waals surface area contributed by atoms with E-state index < -0.39 is 0 Å². The molecule has 0 aliphatic carbocycles. The second-order valence-corrected chi connectivity index (χ2v) is 8.43. The van der Waals surface area contributed by atoms with Crippen LogP contribution in [0.25, 0.3) is 0 Å². The molecular weight excluding hydrogens is 398 g/mol. The summed E-state index contributed by atoms with van der Waals surface area (Å²) in [5.74, 6) is 0.797. The molecule has 0 saturated carbocycles. The van der Waals surface area contributed by atoms with Crippen LogP contribution in [0.5, 0.6) is 0 Å². The van der Waals surface area contributed by atoms with Crippen LogP contribution in [0.1, 0.15) is 63.4 Å². The fourth-order valence-electron chi connectivity index (χ4n) is 3.15. The third kappa shape index (κ3) is 9.92. The van der Waals surface area contributed by atoms with Crippen molar-refractivity contribution in [1.29, 1.82) is 0 Å². The van der Waals surface area contributed by atoms with E-state index in [1.807, 2.05) is 42.5 Å². The Labute approximate surface area is 183 Å². The smallest absolute Gasteiger partial charge is 0.306 e. The molecule has 0 fully saturated rings. The van der Waals surface area contributed by atoms with E-state index in [9.17, 15) is 14.9 Å². The van der Waals surface area contributed by atoms with Crippen LogP contribution in [0.4, 0.5) is 5.69 Å². The maximum Gasteiger partial charge on any atom is 0.306 e. The Morgan fingerprint density at radius 1 is 0.833 bits per heavy atom. The van der Waals surface area contributed by atoms with Crippen molar-refractivity contribution in [3.63, 3.8) is 0 Å². The van der Waals surface area contributed by atoms with Gasteiger partial charge in [0.15, 0.2) is 0 Å². The molecule has 5 nitrogen and oxygen atoms in total. The molecule has 0 heterocycles. The normalized spacial score (nSPS) is 10.7. The molecule has 0 aromatic heterocycles. The van der Waals surface area contributed by atoms with E-state index in [4.69, 9.17) is 4.74 Å². The first-order valence-corrected chi connectivity index (χ1v) is 11.7. The maximum atomic E-state index is 11.8. The second kappa shape index (κ2) is 14.6. The summed E-state index contributed by atoms with van der Waals surface area (Å²) in [7, 11) is 0. The quantitative estimate of drug-likeness (QED) is 0.101. The molecule has 0 radical (unpaired) electrons. The van der Waals surface area contributed by atoms with Crippen molar-refractivity contribution in [1.82, 2.24) is 0 Å². The van der Waals surface area contributed by atoms with Crippen LogP contribution in [-0.2, 0) is 16.1 Å². The van der Waals surface area contributed by atoms with Crippen LogP contribution in [0, 0.1) is 10.1 Å². The molecule has 0 bridgehead atoms. The Kier molecular flexibility index (Phi) is 11.7. The predicted molar refractivity (Wildman–Crippen MR) is 122 cm³/mol. The molecule has 2 aromatic rings. The van der Waals surface area contributed by atoms with Gasteiger partial charge in [-0.1, -0.05) is 81.0 Å². The molecule has 0 spiro atoms. The molecule has 0 atom stereocenters. The number of hydrogen-bond acceptors (Lipinski definition) is 5. The number of unbranched alkanes of at least 4 members (excludes halogenated alkanes) is 7. The first-order valence-electron chi connectivity index (χ1n) is 10.7. The molecule has 0 aliphatic rings. The van der Waals surface area contributed by atoms with Gasteiger partial charge in [-0.2, -0.15) is 0 Å². The number of rotatable bonds is 15. The number of nitro groups is 1. The number of nitro benzene ring substituents is 1. The van der Waals surface area contributed by atoms with Crippen LogP contribution in [-0.4, -0.2) is 16.6 Å². The predicted octanol–water partition coefficient (Wildman–Crippen LogP) is 6.94. The minimum Gasteiger partial charge on any atom is -0.461 e. The average molecular weight is 430 g/mol. The average Bonchev–Trinajstić information content (AvgIpc) is 2.77. The van der Waals surface area contributed by atoms with Crippen LogP contribution < -0.4 is 0 Å². The van der Waals surface area contributed by atoms with E-state index in [-0.39, 0.29) is 16.6 Å². The van der Waals surface area contributed by atoms with Gasteiger partial charge in [0.25, 0.3) is 5.69 Å². The van der Waals surface area contributed by atoms with Crippen molar-refractivity contribution < 1.29 is 14.5 Å². The maximum absolute atomic E-state index is 11.8. The standard InChI is InChI=1S/C24H31NO4S/c26-24(29-20-21-14-8-7-9-15-21)18-10-5-3-1-2-4-6-13-19-30-23-17-12-11-16-22(23)25(27)28/h7-9,11-12,14-17H,1-6,10,13,18-20H2. The number of carbonyl (C=O) groups is 1. The van der Waals surface area contributed by atoms with E-state index in [2.05, 4.69) is 0 Å². The highest BCUT2D eigenvalue weighted by atomic mass is 32.2. The van der Waals surface area contributed by atoms with Crippen molar-refractivity contribution in [2.75, 3.05) is 5.75 Å². The van der Waals surface area contributed by atoms with E-state index in [1.54, 1.807) is 23.9 Å². The van der Waals surface area contributed by atoms with Gasteiger partial charge in [0.05, 0.1) is 9.82 Å². The number of hydrogen-bond donors (Lipinski definition) is 0. The number of para-hydroxylation sites is 1. The molecule has 2 rings (SSSR count). The third-order valence-corrected chi connectivity index (χ3v) is 5.99. The van der Waals surface area contributed by atoms with Gasteiger partial charge in [0, 0.05) is 12.5 Å². The first kappa shape index (κ1) is 23.9. The van der Waals surface area contributed by atoms with Crippen LogP contribution in [0.3, 0.4) is 0 Å². The zero-order chi connectivity index (χ0) is 21.4. The Bertz CT molecular complexity index is 767. The zero-order valence-electron chi connectivity index (χ0n) is 17.5. The van der Waals surface area contributed by atoms with Crippen LogP contribution in [0.15, 0.2) is 59.5 Å². The van der Waals surface area contributed by atoms with Gasteiger partial charge < -0.3 is 4.74 Å². The van der Waals surface area contributed by atoms with Gasteiger partial charge in [-0.15, -0.1) is 11.8 Å². The minimum atomic E-state index is -0.314. The number of ether oxygens (including phenoxy) is 1. The monoisotopic (exact) mass is 429 g/mol. The van der Waals surface area contributed by atoms with Gasteiger partial charge >= 0.3 is 5.97 Å². The summed E-state index contributed by atoms with van der Waals surface area (Å²) in [5.41, 5.74) is 1.22. The van der Waals surface area contributed by atoms with Gasteiger partial charge in [0.2, 0.25) is 0 Å². The van der Waals surface area contributed by atoms with Crippen molar-refractivity contribution in [2.45, 2.75) is 69.3 Å². The fourth-order valence-corrected chi connectivity index (χ4v) is 4.19. The number of thioether (sulfide) groups is 1. The lowest BCUT2D eigenvalue weighted by molar-refractivity contribution is -0.387. The number of esters is 1. The van der Waals surface area contributed by atoms with Crippen molar-refractivity contribution in [3.8, 4) is 0 Å². The summed E-state index contributed by atoms with van der Waals surface area (Å²) in [4.78, 5) is 23.2. The van der Waals surface area contributed by atoms with E-state index in [0.29, 0.717) is 13.0 Å². The lowest BCUT2D eigenvalue weighted by Crippen LogP contribution is -2.04. The molecule has 0 saturated heterocycles. The Morgan fingerprint density at radius 2 is 1.43 bits per heavy atom. The van der Waals surface area contributed by atoms with Gasteiger partial charge in [0.1, 0.15) is 6.61 Å². The van der Waals surface area contributed by atoms with Gasteiger partial charge in [-0.3, -0.25) is 14.9 Å². The van der Waals surface area contributed by atoms with E-state index >= 15 is 0 Å². The Morgan fingerprint density at radius 3 is 2.13 bits per heavy atom. The van der Waals surface area contributed by atoms with E-state index in [1.165, 1.54) is 19.3 Å². The zero-order valence-corrected chi connectivity index (χ0v) is 18.3. The van der Waals surface area contributed by atoms with Crippen molar-refractivity contribution in [3.05, 3.63) is 70.3 Å². The lowest BCUT2D eigenvalue weighted by atomic mass is 10.1. The summed E-state index contributed by atoms with van der Waals surface area (Å²) in [6.07, 6.45) is 9.41. The number of nitrogens with zero attached hydrogens (tertiary/aromatic N) is 1. The molecule has 162 valence electrons. The number of carbonyl (C=O) groups excluding carboxylic acids is 1. The fraction of sp³-hybridized carbons (Fsp3) is 0.458. The highest BCUT2D eigenvalue weighted by Gasteiger charge is 2.12. The van der Waals surface area contributed by atoms with Crippen molar-refractivity contribution in [2.24, 2.45) is 0 Å². The minimum absolute atomic E-state index is 0.116. The van der Waals surface area contributed by atoms with Gasteiger partial charge in [-0.25, -0.2) is 0 Å². The number of benzene rings is 2. The summed E-state index contributed by atoms with van der Waals surface area (Å²) >= 11 is 1.57. The lowest BCUT2D eigenvalue weighted by Gasteiger charge is -2.05. The molecule has 0 unspecified atom stereocenters. The highest BCUT2D eigenvalue weighted by Crippen LogP contribution is 2.29. The van der Waals surface area contributed by atoms with Crippen molar-refractivity contribution >= 4 is 23.4 Å². The largest absolute Gasteiger partial charge is 0.461 e. The second-order valence-electron chi connectivity index (χ2n) is 7.30. The summed E-state index contributed by atoms with van der Waals surface area (Å²) in [5, 5.41) is 11.0. The first-order chi connectivity index (χ1) is 14.7. The van der Waals surface area contributed by atoms with E-state index in [0.717, 1.165) is 48.3 Å². The molecule has 0 aliphatic heterocycles. The van der Waals surface area contributed by atoms with Crippen LogP contribution >= 0.6 is 11.8 Å². The molecular formula is C24H31NO4S. The third-order valence-electron chi connectivity index (χ3n) is 4.84. The molecule has 2 aromatic carbocycles. The Balaban J connectivity index is 1.40. The molecule has 6 heteroatoms. The molecule has 0 amide bonds. The highest BCUT2D eigenvalue weighted by molar-refractivity contribution is 7.99. The summed E-state index contributed by atoms with van der Waals surface area (Å²) in [6.45, 7) is 0.357. The summed E-state index contributed by atoms with van der Waals surface area (Å²) < 4.78 is 5.28. The Hall–Kier alpha value is -2.34. The topological polar surface area (TPSA) is 69.4 Å². The SMILES string of the molecule is O=C(CCCCCCCCCCSc1ccccc1[N+](=O)[O-])OCc1ccccc1.